The Kier molecular flexibility index (Phi) is 5.51. The number of hydrogen-bond donors (Lipinski definition) is 0. The minimum atomic E-state index is -0.223. The smallest absolute Gasteiger partial charge is 0.309 e. The normalized spacial score (nSPS) is 14.4. The minimum Gasteiger partial charge on any atom is -0.309 e. The number of nitrogens with zero attached hydrogens (tertiary/aromatic N) is 3. The van der Waals surface area contributed by atoms with Crippen molar-refractivity contribution >= 4 is 21.6 Å². The minimum absolute atomic E-state index is 0.158. The summed E-state index contributed by atoms with van der Waals surface area (Å²) in [6, 6.07) is 9.32. The molecule has 0 amide bonds. The van der Waals surface area contributed by atoms with E-state index in [1.807, 2.05) is 49.0 Å². The van der Waals surface area contributed by atoms with Crippen LogP contribution in [-0.4, -0.2) is 34.7 Å². The van der Waals surface area contributed by atoms with Crippen molar-refractivity contribution in [2.75, 3.05) is 20.6 Å². The largest absolute Gasteiger partial charge is 0.336 e. The molecule has 1 aliphatic rings. The molecule has 6 heteroatoms. The molecule has 0 saturated heterocycles. The highest BCUT2D eigenvalue weighted by Crippen LogP contribution is 2.33. The molecule has 0 spiro atoms. The van der Waals surface area contributed by atoms with E-state index >= 15 is 0 Å². The molecule has 4 rings (SSSR count). The van der Waals surface area contributed by atoms with Crippen LogP contribution in [0.2, 0.25) is 0 Å². The van der Waals surface area contributed by atoms with Crippen molar-refractivity contribution in [1.29, 1.82) is 0 Å². The first-order chi connectivity index (χ1) is 13.6. The van der Waals surface area contributed by atoms with E-state index in [2.05, 4.69) is 4.90 Å². The first kappa shape index (κ1) is 19.2. The Bertz CT molecular complexity index is 1090. The van der Waals surface area contributed by atoms with Crippen molar-refractivity contribution in [1.82, 2.24) is 14.0 Å². The summed E-state index contributed by atoms with van der Waals surface area (Å²) < 4.78 is 3.21. The Balaban J connectivity index is 1.97. The lowest BCUT2D eigenvalue weighted by Gasteiger charge is -2.14. The zero-order valence-corrected chi connectivity index (χ0v) is 17.4. The lowest BCUT2D eigenvalue weighted by molar-refractivity contribution is 0.385. The van der Waals surface area contributed by atoms with E-state index in [9.17, 15) is 9.59 Å². The topological polar surface area (TPSA) is 47.2 Å². The highest BCUT2D eigenvalue weighted by molar-refractivity contribution is 7.18. The Morgan fingerprint density at radius 1 is 1.04 bits per heavy atom. The van der Waals surface area contributed by atoms with Crippen molar-refractivity contribution < 1.29 is 0 Å². The molecule has 0 unspecified atom stereocenters. The zero-order chi connectivity index (χ0) is 19.7. The fraction of sp³-hybridized carbons (Fsp3) is 0.455. The highest BCUT2D eigenvalue weighted by Gasteiger charge is 2.23. The summed E-state index contributed by atoms with van der Waals surface area (Å²) in [6.45, 7) is 1.53. The van der Waals surface area contributed by atoms with Crippen LogP contribution in [-0.2, 0) is 19.4 Å². The summed E-state index contributed by atoms with van der Waals surface area (Å²) in [4.78, 5) is 31.2. The standard InChI is InChI=1S/C22H27N3O2S/c1-23(2)14-9-15-24-21-19(17-12-7-4-8-13-18(17)28-21)20(26)25(22(24)27)16-10-5-3-6-11-16/h3,5-6,10-11H,4,7-9,12-15H2,1-2H3. The monoisotopic (exact) mass is 397 g/mol. The second-order valence-corrected chi connectivity index (χ2v) is 8.90. The van der Waals surface area contributed by atoms with Crippen molar-refractivity contribution in [2.45, 2.75) is 45.1 Å². The molecule has 0 aliphatic heterocycles. The predicted octanol–water partition coefficient (Wildman–Crippen LogP) is 3.43. The van der Waals surface area contributed by atoms with Gasteiger partial charge in [0, 0.05) is 11.4 Å². The quantitative estimate of drug-likeness (QED) is 0.620. The van der Waals surface area contributed by atoms with Crippen LogP contribution in [0, 0.1) is 0 Å². The fourth-order valence-corrected chi connectivity index (χ4v) is 5.49. The molecule has 0 radical (unpaired) electrons. The van der Waals surface area contributed by atoms with Gasteiger partial charge in [0.2, 0.25) is 0 Å². The Morgan fingerprint density at radius 3 is 2.54 bits per heavy atom. The van der Waals surface area contributed by atoms with Crippen molar-refractivity contribution in [3.8, 4) is 5.69 Å². The second kappa shape index (κ2) is 8.05. The molecule has 0 N–H and O–H groups in total. The molecular weight excluding hydrogens is 370 g/mol. The molecule has 2 heterocycles. The Morgan fingerprint density at radius 2 is 1.79 bits per heavy atom. The molecule has 0 bridgehead atoms. The summed E-state index contributed by atoms with van der Waals surface area (Å²) in [5.74, 6) is 0. The van der Waals surface area contributed by atoms with Gasteiger partial charge in [-0.1, -0.05) is 24.6 Å². The first-order valence-corrected chi connectivity index (χ1v) is 10.9. The maximum Gasteiger partial charge on any atom is 0.336 e. The fourth-order valence-electron chi connectivity index (χ4n) is 4.09. The van der Waals surface area contributed by atoms with Gasteiger partial charge in [-0.15, -0.1) is 11.3 Å². The van der Waals surface area contributed by atoms with Gasteiger partial charge in [-0.3, -0.25) is 9.36 Å². The Labute approximate surface area is 168 Å². The third-order valence-corrected chi connectivity index (χ3v) is 6.80. The lowest BCUT2D eigenvalue weighted by atomic mass is 10.1. The third kappa shape index (κ3) is 3.47. The van der Waals surface area contributed by atoms with Crippen molar-refractivity contribution in [3.63, 3.8) is 0 Å². The van der Waals surface area contributed by atoms with E-state index in [-0.39, 0.29) is 11.2 Å². The molecule has 28 heavy (non-hydrogen) atoms. The number of rotatable bonds is 5. The van der Waals surface area contributed by atoms with Crippen molar-refractivity contribution in [2.24, 2.45) is 0 Å². The van der Waals surface area contributed by atoms with E-state index in [0.29, 0.717) is 12.2 Å². The number of aromatic nitrogens is 2. The molecule has 3 aromatic rings. The molecule has 148 valence electrons. The van der Waals surface area contributed by atoms with Crippen LogP contribution < -0.4 is 11.2 Å². The molecule has 5 nitrogen and oxygen atoms in total. The third-order valence-electron chi connectivity index (χ3n) is 5.49. The average Bonchev–Trinajstić information content (AvgIpc) is 2.88. The van der Waals surface area contributed by atoms with E-state index in [4.69, 9.17) is 0 Å². The maximum absolute atomic E-state index is 13.5. The lowest BCUT2D eigenvalue weighted by Crippen LogP contribution is -2.39. The van der Waals surface area contributed by atoms with E-state index in [0.717, 1.165) is 48.9 Å². The van der Waals surface area contributed by atoms with E-state index in [1.165, 1.54) is 21.4 Å². The van der Waals surface area contributed by atoms with Gasteiger partial charge < -0.3 is 4.90 Å². The van der Waals surface area contributed by atoms with Gasteiger partial charge in [-0.05, 0) is 70.4 Å². The molecule has 1 aliphatic carbocycles. The number of thiophene rings is 1. The number of benzene rings is 1. The second-order valence-electron chi connectivity index (χ2n) is 7.81. The number of hydrogen-bond acceptors (Lipinski definition) is 4. The summed E-state index contributed by atoms with van der Waals surface area (Å²) in [5, 5.41) is 0.773. The van der Waals surface area contributed by atoms with Crippen LogP contribution in [0.1, 0.15) is 36.1 Å². The zero-order valence-electron chi connectivity index (χ0n) is 16.6. The van der Waals surface area contributed by atoms with Gasteiger partial charge in [0.1, 0.15) is 4.83 Å². The van der Waals surface area contributed by atoms with E-state index in [1.54, 1.807) is 11.3 Å². The van der Waals surface area contributed by atoms with Gasteiger partial charge in [0.25, 0.3) is 5.56 Å². The molecule has 0 fully saturated rings. The number of aryl methyl sites for hydroxylation is 3. The first-order valence-electron chi connectivity index (χ1n) is 10.1. The van der Waals surface area contributed by atoms with Crippen LogP contribution in [0.4, 0.5) is 0 Å². The molecular formula is C22H27N3O2S. The SMILES string of the molecule is CN(C)CCCn1c(=O)n(-c2ccccc2)c(=O)c2c3c(sc21)CCCCC3. The van der Waals surface area contributed by atoms with Crippen LogP contribution in [0.5, 0.6) is 0 Å². The van der Waals surface area contributed by atoms with Crippen LogP contribution in [0.3, 0.4) is 0 Å². The average molecular weight is 398 g/mol. The number of fused-ring (bicyclic) bond motifs is 3. The van der Waals surface area contributed by atoms with Crippen LogP contribution in [0.15, 0.2) is 39.9 Å². The van der Waals surface area contributed by atoms with Gasteiger partial charge in [0.05, 0.1) is 11.1 Å². The molecule has 1 aromatic carbocycles. The number of para-hydroxylation sites is 1. The van der Waals surface area contributed by atoms with Gasteiger partial charge >= 0.3 is 5.69 Å². The summed E-state index contributed by atoms with van der Waals surface area (Å²) >= 11 is 1.67. The van der Waals surface area contributed by atoms with Crippen LogP contribution in [0.25, 0.3) is 15.9 Å². The Hall–Kier alpha value is -2.18. The summed E-state index contributed by atoms with van der Waals surface area (Å²) in [5.41, 5.74) is 1.45. The van der Waals surface area contributed by atoms with E-state index < -0.39 is 0 Å². The van der Waals surface area contributed by atoms with Gasteiger partial charge in [-0.25, -0.2) is 9.36 Å². The summed E-state index contributed by atoms with van der Waals surface area (Å²) in [6.07, 6.45) is 6.32. The van der Waals surface area contributed by atoms with Crippen molar-refractivity contribution in [3.05, 3.63) is 61.6 Å². The molecule has 0 atom stereocenters. The maximum atomic E-state index is 13.5. The summed E-state index contributed by atoms with van der Waals surface area (Å²) in [7, 11) is 4.08. The van der Waals surface area contributed by atoms with Gasteiger partial charge in [0.15, 0.2) is 0 Å². The predicted molar refractivity (Wildman–Crippen MR) is 116 cm³/mol. The van der Waals surface area contributed by atoms with Crippen LogP contribution >= 0.6 is 11.3 Å². The van der Waals surface area contributed by atoms with Gasteiger partial charge in [-0.2, -0.15) is 0 Å². The molecule has 0 saturated carbocycles. The highest BCUT2D eigenvalue weighted by atomic mass is 32.1. The molecule has 2 aromatic heterocycles.